The van der Waals surface area contributed by atoms with Gasteiger partial charge in [0.2, 0.25) is 5.89 Å². The van der Waals surface area contributed by atoms with E-state index in [1.54, 1.807) is 12.4 Å². The highest BCUT2D eigenvalue weighted by Crippen LogP contribution is 2.20. The molecule has 0 aromatic carbocycles. The smallest absolute Gasteiger partial charge is 0.248 e. The third kappa shape index (κ3) is 2.50. The third-order valence-corrected chi connectivity index (χ3v) is 2.53. The summed E-state index contributed by atoms with van der Waals surface area (Å²) in [5.41, 5.74) is 1.01. The van der Waals surface area contributed by atoms with Gasteiger partial charge in [0, 0.05) is 18.3 Å². The average molecular weight is 232 g/mol. The van der Waals surface area contributed by atoms with Gasteiger partial charge in [-0.15, -0.1) is 0 Å². The summed E-state index contributed by atoms with van der Waals surface area (Å²) in [6.07, 6.45) is 3.53. The maximum absolute atomic E-state index is 5.28. The van der Waals surface area contributed by atoms with Crippen molar-refractivity contribution in [3.8, 4) is 0 Å². The number of aromatic nitrogens is 3. The number of rotatable bonds is 4. The molecule has 0 radical (unpaired) electrons. The van der Waals surface area contributed by atoms with Crippen molar-refractivity contribution in [2.24, 2.45) is 0 Å². The first kappa shape index (κ1) is 11.7. The molecule has 0 aliphatic heterocycles. The molecule has 5 heteroatoms. The Hall–Kier alpha value is -1.75. The minimum atomic E-state index is -0.108. The zero-order valence-corrected chi connectivity index (χ0v) is 10.2. The molecule has 0 amide bonds. The molecule has 0 fully saturated rings. The van der Waals surface area contributed by atoms with Crippen LogP contribution in [0.1, 0.15) is 43.1 Å². The molecule has 2 aromatic heterocycles. The fraction of sp³-hybridized carbons (Fsp3) is 0.417. The second-order valence-electron chi connectivity index (χ2n) is 4.15. The predicted molar refractivity (Wildman–Crippen MR) is 63.5 cm³/mol. The molecule has 2 heterocycles. The van der Waals surface area contributed by atoms with E-state index < -0.39 is 0 Å². The number of pyridine rings is 1. The number of hydrogen-bond donors (Lipinski definition) is 1. The maximum Gasteiger partial charge on any atom is 0.248 e. The lowest BCUT2D eigenvalue weighted by Crippen LogP contribution is -2.18. The summed E-state index contributed by atoms with van der Waals surface area (Å²) in [5.74, 6) is 1.56. The summed E-state index contributed by atoms with van der Waals surface area (Å²) < 4.78 is 5.28. The second kappa shape index (κ2) is 5.05. The maximum atomic E-state index is 5.28. The van der Waals surface area contributed by atoms with Crippen LogP contribution < -0.4 is 5.32 Å². The first-order valence-electron chi connectivity index (χ1n) is 5.63. The van der Waals surface area contributed by atoms with Crippen LogP contribution in [0.2, 0.25) is 0 Å². The van der Waals surface area contributed by atoms with E-state index in [0.717, 1.165) is 11.4 Å². The van der Waals surface area contributed by atoms with E-state index in [-0.39, 0.29) is 12.0 Å². The van der Waals surface area contributed by atoms with E-state index in [0.29, 0.717) is 5.89 Å². The van der Waals surface area contributed by atoms with E-state index in [9.17, 15) is 0 Å². The van der Waals surface area contributed by atoms with Gasteiger partial charge in [0.05, 0.1) is 0 Å². The van der Waals surface area contributed by atoms with Crippen LogP contribution in [0.25, 0.3) is 0 Å². The number of hydrogen-bond acceptors (Lipinski definition) is 5. The molecule has 1 unspecified atom stereocenters. The van der Waals surface area contributed by atoms with Gasteiger partial charge in [-0.25, -0.2) is 0 Å². The van der Waals surface area contributed by atoms with Gasteiger partial charge < -0.3 is 9.84 Å². The summed E-state index contributed by atoms with van der Waals surface area (Å²) in [4.78, 5) is 8.48. The Labute approximate surface area is 100 Å². The van der Waals surface area contributed by atoms with Gasteiger partial charge in [-0.3, -0.25) is 4.98 Å². The predicted octanol–water partition coefficient (Wildman–Crippen LogP) is 1.90. The van der Waals surface area contributed by atoms with Crippen molar-refractivity contribution in [3.05, 3.63) is 41.8 Å². The highest BCUT2D eigenvalue weighted by molar-refractivity contribution is 5.20. The van der Waals surface area contributed by atoms with E-state index in [4.69, 9.17) is 4.52 Å². The van der Waals surface area contributed by atoms with Crippen molar-refractivity contribution in [2.75, 3.05) is 7.05 Å². The zero-order chi connectivity index (χ0) is 12.3. The monoisotopic (exact) mass is 232 g/mol. The van der Waals surface area contributed by atoms with Gasteiger partial charge in [0.25, 0.3) is 0 Å². The van der Waals surface area contributed by atoms with Crippen LogP contribution in [0.15, 0.2) is 29.0 Å². The van der Waals surface area contributed by atoms with Crippen molar-refractivity contribution in [3.63, 3.8) is 0 Å². The topological polar surface area (TPSA) is 63.8 Å². The molecule has 1 atom stereocenters. The lowest BCUT2D eigenvalue weighted by atomic mass is 10.1. The van der Waals surface area contributed by atoms with E-state index >= 15 is 0 Å². The van der Waals surface area contributed by atoms with Crippen LogP contribution in [0.3, 0.4) is 0 Å². The fourth-order valence-electron chi connectivity index (χ4n) is 1.58. The van der Waals surface area contributed by atoms with E-state index in [2.05, 4.69) is 20.4 Å². The average Bonchev–Trinajstić information content (AvgIpc) is 2.81. The van der Waals surface area contributed by atoms with Crippen LogP contribution in [-0.4, -0.2) is 22.2 Å². The molecular formula is C12H16N4O. The Kier molecular flexibility index (Phi) is 3.49. The van der Waals surface area contributed by atoms with Gasteiger partial charge in [0.1, 0.15) is 6.04 Å². The molecule has 0 aliphatic carbocycles. The Morgan fingerprint density at radius 1 is 1.35 bits per heavy atom. The van der Waals surface area contributed by atoms with Crippen LogP contribution >= 0.6 is 0 Å². The molecule has 17 heavy (non-hydrogen) atoms. The SMILES string of the molecule is CNC(c1cccnc1)c1nc(C(C)C)no1. The molecule has 2 rings (SSSR count). The quantitative estimate of drug-likeness (QED) is 0.872. The molecule has 90 valence electrons. The Morgan fingerprint density at radius 2 is 2.18 bits per heavy atom. The van der Waals surface area contributed by atoms with Gasteiger partial charge in [-0.05, 0) is 18.7 Å². The first-order valence-corrected chi connectivity index (χ1v) is 5.63. The van der Waals surface area contributed by atoms with Gasteiger partial charge in [-0.2, -0.15) is 4.98 Å². The molecule has 0 spiro atoms. The van der Waals surface area contributed by atoms with Crippen molar-refractivity contribution in [1.29, 1.82) is 0 Å². The molecule has 1 N–H and O–H groups in total. The van der Waals surface area contributed by atoms with Crippen LogP contribution in [0.5, 0.6) is 0 Å². The molecular weight excluding hydrogens is 216 g/mol. The highest BCUT2D eigenvalue weighted by atomic mass is 16.5. The van der Waals surface area contributed by atoms with Crippen molar-refractivity contribution >= 4 is 0 Å². The number of nitrogens with one attached hydrogen (secondary N) is 1. The van der Waals surface area contributed by atoms with Gasteiger partial charge in [-0.1, -0.05) is 25.1 Å². The van der Waals surface area contributed by atoms with Crippen LogP contribution in [-0.2, 0) is 0 Å². The van der Waals surface area contributed by atoms with Crippen molar-refractivity contribution in [2.45, 2.75) is 25.8 Å². The standard InChI is InChI=1S/C12H16N4O/c1-8(2)11-15-12(17-16-11)10(13-3)9-5-4-6-14-7-9/h4-8,10,13H,1-3H3. The molecule has 0 saturated carbocycles. The van der Waals surface area contributed by atoms with Gasteiger partial charge >= 0.3 is 0 Å². The zero-order valence-electron chi connectivity index (χ0n) is 10.2. The summed E-state index contributed by atoms with van der Waals surface area (Å²) in [5, 5.41) is 7.11. The Morgan fingerprint density at radius 3 is 2.71 bits per heavy atom. The van der Waals surface area contributed by atoms with Gasteiger partial charge in [0.15, 0.2) is 5.82 Å². The normalized spacial score (nSPS) is 12.9. The van der Waals surface area contributed by atoms with E-state index in [1.165, 1.54) is 0 Å². The third-order valence-electron chi connectivity index (χ3n) is 2.53. The Balaban J connectivity index is 2.29. The number of nitrogens with zero attached hydrogens (tertiary/aromatic N) is 3. The lowest BCUT2D eigenvalue weighted by Gasteiger charge is -2.10. The molecule has 0 saturated heterocycles. The molecule has 0 bridgehead atoms. The first-order chi connectivity index (χ1) is 8.22. The minimum absolute atomic E-state index is 0.108. The van der Waals surface area contributed by atoms with Crippen molar-refractivity contribution in [1.82, 2.24) is 20.4 Å². The summed E-state index contributed by atoms with van der Waals surface area (Å²) in [6.45, 7) is 4.07. The lowest BCUT2D eigenvalue weighted by molar-refractivity contribution is 0.349. The second-order valence-corrected chi connectivity index (χ2v) is 4.15. The fourth-order valence-corrected chi connectivity index (χ4v) is 1.58. The summed E-state index contributed by atoms with van der Waals surface area (Å²) in [6, 6.07) is 3.76. The van der Waals surface area contributed by atoms with Crippen LogP contribution in [0.4, 0.5) is 0 Å². The highest BCUT2D eigenvalue weighted by Gasteiger charge is 2.20. The largest absolute Gasteiger partial charge is 0.337 e. The minimum Gasteiger partial charge on any atom is -0.337 e. The summed E-state index contributed by atoms with van der Waals surface area (Å²) in [7, 11) is 1.86. The molecule has 0 aliphatic rings. The Bertz CT molecular complexity index is 466. The molecule has 5 nitrogen and oxygen atoms in total. The van der Waals surface area contributed by atoms with Crippen molar-refractivity contribution < 1.29 is 4.52 Å². The molecule has 2 aromatic rings. The van der Waals surface area contributed by atoms with Crippen LogP contribution in [0, 0.1) is 0 Å². The van der Waals surface area contributed by atoms with E-state index in [1.807, 2.05) is 33.0 Å². The summed E-state index contributed by atoms with van der Waals surface area (Å²) >= 11 is 0.